The van der Waals surface area contributed by atoms with Crippen LogP contribution in [0.2, 0.25) is 0 Å². The van der Waals surface area contributed by atoms with Crippen molar-refractivity contribution in [1.29, 1.82) is 0 Å². The van der Waals surface area contributed by atoms with E-state index in [2.05, 4.69) is 10.6 Å². The van der Waals surface area contributed by atoms with Gasteiger partial charge in [-0.25, -0.2) is 0 Å². The molecule has 1 unspecified atom stereocenters. The quantitative estimate of drug-likeness (QED) is 0.0437. The molecule has 20 nitrogen and oxygen atoms in total. The molecule has 10 N–H and O–H groups in total. The number of carbonyl (C=O) groups is 7. The van der Waals surface area contributed by atoms with Crippen molar-refractivity contribution < 1.29 is 78.4 Å². The second-order valence-corrected chi connectivity index (χ2v) is 16.7. The molecule has 3 amide bonds. The van der Waals surface area contributed by atoms with Crippen LogP contribution in [0.3, 0.4) is 0 Å². The van der Waals surface area contributed by atoms with Gasteiger partial charge in [0.05, 0.1) is 59.8 Å². The fourth-order valence-corrected chi connectivity index (χ4v) is 9.28. The van der Waals surface area contributed by atoms with Gasteiger partial charge in [-0.3, -0.25) is 38.5 Å². The number of carboxylic acid groups (broad SMARTS) is 1. The number of imide groups is 1. The molecule has 0 bridgehead atoms. The van der Waals surface area contributed by atoms with E-state index < -0.39 is 131 Å². The van der Waals surface area contributed by atoms with Gasteiger partial charge < -0.3 is 61.2 Å². The van der Waals surface area contributed by atoms with Crippen LogP contribution in [0.5, 0.6) is 17.2 Å². The number of carbonyl (C=O) groups excluding carboxylic acids is 6. The number of amides is 3. The van der Waals surface area contributed by atoms with E-state index >= 15 is 0 Å². The number of Topliss-reactive ketones (excluding diaryl/α,β-unsaturated/α-hetero) is 1. The van der Waals surface area contributed by atoms with Gasteiger partial charge in [-0.05, 0) is 26.0 Å². The van der Waals surface area contributed by atoms with Crippen LogP contribution in [0, 0.1) is 0 Å². The highest BCUT2D eigenvalue weighted by Crippen LogP contribution is 2.52. The maximum atomic E-state index is 14.0. The summed E-state index contributed by atoms with van der Waals surface area (Å²) >= 11 is 1.18. The van der Waals surface area contributed by atoms with E-state index in [0.717, 1.165) is 4.90 Å². The summed E-state index contributed by atoms with van der Waals surface area (Å²) in [5.41, 5.74) is 1.46. The average molecular weight is 873 g/mol. The van der Waals surface area contributed by atoms with Gasteiger partial charge in [-0.2, -0.15) is 0 Å². The lowest BCUT2D eigenvalue weighted by atomic mass is 9.72. The molecular formula is C40H48N4O16S. The Morgan fingerprint density at radius 1 is 1.08 bits per heavy atom. The zero-order valence-corrected chi connectivity index (χ0v) is 34.1. The first-order valence-corrected chi connectivity index (χ1v) is 20.6. The third kappa shape index (κ3) is 9.00. The van der Waals surface area contributed by atoms with Crippen LogP contribution >= 0.6 is 11.8 Å². The number of ether oxygens (including phenoxy) is 3. The van der Waals surface area contributed by atoms with Crippen molar-refractivity contribution >= 4 is 52.8 Å². The largest absolute Gasteiger partial charge is 0.507 e. The van der Waals surface area contributed by atoms with Crippen molar-refractivity contribution in [2.45, 2.75) is 93.0 Å². The van der Waals surface area contributed by atoms with E-state index in [-0.39, 0.29) is 72.1 Å². The number of thioether (sulfide) groups is 1. The van der Waals surface area contributed by atoms with Gasteiger partial charge in [0.1, 0.15) is 29.5 Å². The molecule has 2 aliphatic heterocycles. The van der Waals surface area contributed by atoms with E-state index in [1.165, 1.54) is 37.1 Å². The summed E-state index contributed by atoms with van der Waals surface area (Å²) in [5, 5.41) is 69.6. The SMILES string of the molecule is COc1cccc2c1C(=O)c1c(O)c3c(c(O)c1C2=O)C[C@@](O)(C(=O)CO)C[C@@H]3O[C@H]1C[C@H](NCCCN2C(=O)CC(SCCNC(=O)[C@@H](N)CC(=O)O)C2=O)[C@H](O)[C@H](C)O1. The number of methoxy groups -OCH3 is 1. The smallest absolute Gasteiger partial charge is 0.305 e. The second-order valence-electron chi connectivity index (χ2n) is 15.4. The molecule has 6 rings (SSSR count). The van der Waals surface area contributed by atoms with Gasteiger partial charge in [-0.15, -0.1) is 11.8 Å². The van der Waals surface area contributed by atoms with E-state index in [1.54, 1.807) is 6.92 Å². The van der Waals surface area contributed by atoms with Crippen molar-refractivity contribution in [2.75, 3.05) is 39.1 Å². The van der Waals surface area contributed by atoms with Gasteiger partial charge in [0.2, 0.25) is 23.5 Å². The molecule has 0 spiro atoms. The van der Waals surface area contributed by atoms with Crippen LogP contribution in [0.4, 0.5) is 0 Å². The maximum Gasteiger partial charge on any atom is 0.305 e. The van der Waals surface area contributed by atoms with Crippen molar-refractivity contribution in [3.63, 3.8) is 0 Å². The number of hydrogen-bond donors (Lipinski definition) is 9. The van der Waals surface area contributed by atoms with Crippen molar-refractivity contribution in [3.8, 4) is 17.2 Å². The molecule has 2 heterocycles. The van der Waals surface area contributed by atoms with Crippen LogP contribution in [0.25, 0.3) is 0 Å². The number of aliphatic hydroxyl groups excluding tert-OH is 2. The molecule has 4 aliphatic rings. The molecule has 2 aromatic rings. The number of aromatic hydroxyl groups is 2. The number of rotatable bonds is 17. The summed E-state index contributed by atoms with van der Waals surface area (Å²) in [6.45, 7) is 0.882. The highest BCUT2D eigenvalue weighted by molar-refractivity contribution is 8.00. The number of phenolic OH excluding ortho intramolecular Hbond substituents is 2. The number of nitrogens with two attached hydrogens (primary N) is 1. The van der Waals surface area contributed by atoms with Gasteiger partial charge in [0.15, 0.2) is 17.9 Å². The van der Waals surface area contributed by atoms with E-state index in [0.29, 0.717) is 6.42 Å². The Morgan fingerprint density at radius 2 is 1.80 bits per heavy atom. The predicted octanol–water partition coefficient (Wildman–Crippen LogP) is -1.20. The molecule has 8 atom stereocenters. The van der Waals surface area contributed by atoms with Gasteiger partial charge >= 0.3 is 5.97 Å². The standard InChI is InChI=1S/C40H48N4O16S/c1-17-33(50)21(42-7-4-9-44-26(47)13-24(39(44)56)61-10-8-43-38(55)20(41)11-27(48)49)12-28(59-17)60-23-15-40(57,25(46)16-45)14-19-30(23)37(54)32-31(35(19)52)34(51)18-5-3-6-22(58-2)29(18)36(32)53/h3,5-6,17,20-21,23-24,28,33,42,45,50,52,54,57H,4,7-16,41H2,1-2H3,(H,43,55)(H,48,49)/t17-,20-,21-,23-,24?,28-,33+,40-/m0/s1. The van der Waals surface area contributed by atoms with E-state index in [4.69, 9.17) is 25.1 Å². The number of benzene rings is 2. The maximum absolute atomic E-state index is 14.0. The molecular weight excluding hydrogens is 825 g/mol. The minimum atomic E-state index is -2.35. The lowest BCUT2D eigenvalue weighted by Gasteiger charge is -2.43. The van der Waals surface area contributed by atoms with Gasteiger partial charge in [0, 0.05) is 67.3 Å². The Kier molecular flexibility index (Phi) is 13.8. The van der Waals surface area contributed by atoms with E-state index in [9.17, 15) is 59.1 Å². The van der Waals surface area contributed by atoms with Crippen LogP contribution in [0.15, 0.2) is 18.2 Å². The Bertz CT molecular complexity index is 2130. The number of phenols is 2. The van der Waals surface area contributed by atoms with Crippen molar-refractivity contribution in [3.05, 3.63) is 51.6 Å². The molecule has 2 saturated heterocycles. The summed E-state index contributed by atoms with van der Waals surface area (Å²) in [7, 11) is 1.30. The molecule has 21 heteroatoms. The summed E-state index contributed by atoms with van der Waals surface area (Å²) in [5.74, 6) is -6.45. The zero-order chi connectivity index (χ0) is 44.5. The summed E-state index contributed by atoms with van der Waals surface area (Å²) in [4.78, 5) is 90.3. The third-order valence-electron chi connectivity index (χ3n) is 11.4. The molecule has 2 aromatic carbocycles. The summed E-state index contributed by atoms with van der Waals surface area (Å²) in [6.07, 6.45) is -6.10. The Balaban J connectivity index is 1.12. The van der Waals surface area contributed by atoms with Gasteiger partial charge in [-0.1, -0.05) is 12.1 Å². The zero-order valence-electron chi connectivity index (χ0n) is 33.3. The number of aliphatic hydroxyl groups is 3. The first-order valence-electron chi connectivity index (χ1n) is 19.6. The minimum Gasteiger partial charge on any atom is -0.507 e. The number of likely N-dealkylation sites (tertiary alicyclic amines) is 1. The van der Waals surface area contributed by atoms with Crippen LogP contribution < -0.4 is 21.1 Å². The molecule has 2 fully saturated rings. The number of carboxylic acids is 1. The first-order chi connectivity index (χ1) is 28.9. The molecule has 0 saturated carbocycles. The lowest BCUT2D eigenvalue weighted by Crippen LogP contribution is -2.55. The topological polar surface area (TPSA) is 322 Å². The average Bonchev–Trinajstić information content (AvgIpc) is 3.49. The second kappa shape index (κ2) is 18.5. The summed E-state index contributed by atoms with van der Waals surface area (Å²) < 4.78 is 17.6. The predicted molar refractivity (Wildman–Crippen MR) is 211 cm³/mol. The normalized spacial score (nSPS) is 26.4. The first kappa shape index (κ1) is 45.5. The summed E-state index contributed by atoms with van der Waals surface area (Å²) in [6, 6.07) is 2.38. The number of hydrogen-bond acceptors (Lipinski definition) is 18. The molecule has 61 heavy (non-hydrogen) atoms. The number of ketones is 3. The van der Waals surface area contributed by atoms with Crippen LogP contribution in [0.1, 0.15) is 88.1 Å². The minimum absolute atomic E-state index is 0.0377. The molecule has 0 radical (unpaired) electrons. The fraction of sp³-hybridized carbons (Fsp3) is 0.525. The molecule has 0 aromatic heterocycles. The number of aliphatic carboxylic acids is 1. The van der Waals surface area contributed by atoms with Crippen molar-refractivity contribution in [1.82, 2.24) is 15.5 Å². The van der Waals surface area contributed by atoms with Gasteiger partial charge in [0.25, 0.3) is 0 Å². The monoisotopic (exact) mass is 872 g/mol. The third-order valence-corrected chi connectivity index (χ3v) is 12.6. The Morgan fingerprint density at radius 3 is 2.49 bits per heavy atom. The number of nitrogens with zero attached hydrogens (tertiary/aromatic N) is 1. The van der Waals surface area contributed by atoms with Crippen LogP contribution in [-0.2, 0) is 39.9 Å². The molecule has 330 valence electrons. The fourth-order valence-electron chi connectivity index (χ4n) is 8.25. The number of fused-ring (bicyclic) bond motifs is 3. The highest BCUT2D eigenvalue weighted by atomic mass is 32.2. The Hall–Kier alpha value is -5.00. The van der Waals surface area contributed by atoms with Crippen LogP contribution in [-0.4, -0.2) is 157 Å². The number of nitrogens with one attached hydrogen (secondary N) is 2. The highest BCUT2D eigenvalue weighted by Gasteiger charge is 2.50. The lowest BCUT2D eigenvalue weighted by molar-refractivity contribution is -0.249. The van der Waals surface area contributed by atoms with Crippen molar-refractivity contribution in [2.24, 2.45) is 5.73 Å². The molecule has 2 aliphatic carbocycles. The Labute approximate surface area is 352 Å². The van der Waals surface area contributed by atoms with E-state index in [1.807, 2.05) is 0 Å².